The first kappa shape index (κ1) is 21.9. The van der Waals surface area contributed by atoms with Gasteiger partial charge in [0.05, 0.1) is 32.3 Å². The van der Waals surface area contributed by atoms with E-state index in [9.17, 15) is 0 Å². The van der Waals surface area contributed by atoms with Crippen LogP contribution in [-0.2, 0) is 32.2 Å². The van der Waals surface area contributed by atoms with E-state index in [2.05, 4.69) is 0 Å². The van der Waals surface area contributed by atoms with Crippen LogP contribution < -0.4 is 0 Å². The van der Waals surface area contributed by atoms with Gasteiger partial charge in [0.1, 0.15) is 5.67 Å². The Kier molecular flexibility index (Phi) is 7.78. The summed E-state index contributed by atoms with van der Waals surface area (Å²) in [5, 5.41) is 0. The van der Waals surface area contributed by atoms with Crippen LogP contribution in [0.4, 0.5) is 4.39 Å². The number of benzene rings is 2. The molecule has 2 aromatic rings. The zero-order chi connectivity index (χ0) is 20.6. The fourth-order valence-electron chi connectivity index (χ4n) is 3.96. The van der Waals surface area contributed by atoms with Crippen molar-refractivity contribution in [3.8, 4) is 0 Å². The van der Waals surface area contributed by atoms with E-state index in [1.165, 1.54) is 0 Å². The van der Waals surface area contributed by atoms with Crippen LogP contribution >= 0.6 is 0 Å². The minimum absolute atomic E-state index is 0.0108. The van der Waals surface area contributed by atoms with E-state index >= 15 is 4.39 Å². The van der Waals surface area contributed by atoms with Gasteiger partial charge < -0.3 is 18.9 Å². The molecule has 29 heavy (non-hydrogen) atoms. The molecule has 0 aromatic heterocycles. The van der Waals surface area contributed by atoms with E-state index < -0.39 is 17.4 Å². The van der Waals surface area contributed by atoms with E-state index in [1.807, 2.05) is 74.5 Å². The van der Waals surface area contributed by atoms with Gasteiger partial charge in [-0.1, -0.05) is 60.7 Å². The summed E-state index contributed by atoms with van der Waals surface area (Å²) in [6.07, 6.45) is 0.149. The SMILES string of the molecule is CCOC1(OCC)C[C@](F)(COCc2ccccc2)[C@H]1COCc1ccccc1. The van der Waals surface area contributed by atoms with E-state index in [-0.39, 0.29) is 19.6 Å². The molecule has 5 heteroatoms. The van der Waals surface area contributed by atoms with Crippen LogP contribution in [0.1, 0.15) is 31.4 Å². The summed E-state index contributed by atoms with van der Waals surface area (Å²) in [6, 6.07) is 19.6. The standard InChI is InChI=1S/C24H31FO4/c1-3-28-24(29-4-2)18-23(25,19-27-16-21-13-9-6-10-14-21)22(24)17-26-15-20-11-7-5-8-12-20/h5-14,22H,3-4,15-19H2,1-2H3/t22-,23+/m1/s1. The molecule has 1 saturated carbocycles. The number of alkyl halides is 1. The lowest BCUT2D eigenvalue weighted by atomic mass is 9.65. The molecule has 4 nitrogen and oxygen atoms in total. The molecule has 3 rings (SSSR count). The smallest absolute Gasteiger partial charge is 0.179 e. The van der Waals surface area contributed by atoms with Gasteiger partial charge in [-0.05, 0) is 25.0 Å². The molecule has 0 unspecified atom stereocenters. The van der Waals surface area contributed by atoms with Gasteiger partial charge in [-0.3, -0.25) is 0 Å². The average molecular weight is 403 g/mol. The second-order valence-electron chi connectivity index (χ2n) is 7.42. The van der Waals surface area contributed by atoms with E-state index in [1.54, 1.807) is 0 Å². The molecule has 0 aliphatic heterocycles. The first-order valence-electron chi connectivity index (χ1n) is 10.3. The maximum Gasteiger partial charge on any atom is 0.179 e. The zero-order valence-electron chi connectivity index (χ0n) is 17.3. The number of hydrogen-bond acceptors (Lipinski definition) is 4. The average Bonchev–Trinajstić information content (AvgIpc) is 2.73. The summed E-state index contributed by atoms with van der Waals surface area (Å²) in [5.74, 6) is -1.50. The molecule has 0 N–H and O–H groups in total. The van der Waals surface area contributed by atoms with Crippen LogP contribution in [0.25, 0.3) is 0 Å². The number of halogens is 1. The monoisotopic (exact) mass is 402 g/mol. The van der Waals surface area contributed by atoms with Crippen molar-refractivity contribution in [1.82, 2.24) is 0 Å². The Morgan fingerprint density at radius 1 is 0.828 bits per heavy atom. The summed E-state index contributed by atoms with van der Waals surface area (Å²) in [4.78, 5) is 0. The van der Waals surface area contributed by atoms with Crippen LogP contribution in [0.3, 0.4) is 0 Å². The molecular formula is C24H31FO4. The van der Waals surface area contributed by atoms with Gasteiger partial charge in [-0.15, -0.1) is 0 Å². The van der Waals surface area contributed by atoms with Crippen molar-refractivity contribution in [1.29, 1.82) is 0 Å². The zero-order valence-corrected chi connectivity index (χ0v) is 17.3. The molecule has 2 aromatic carbocycles. The minimum Gasteiger partial charge on any atom is -0.376 e. The Morgan fingerprint density at radius 3 is 1.86 bits per heavy atom. The van der Waals surface area contributed by atoms with Gasteiger partial charge in [0.2, 0.25) is 0 Å². The molecule has 1 aliphatic rings. The lowest BCUT2D eigenvalue weighted by Gasteiger charge is -2.56. The third kappa shape index (κ3) is 5.43. The van der Waals surface area contributed by atoms with Crippen LogP contribution in [0.2, 0.25) is 0 Å². The quantitative estimate of drug-likeness (QED) is 0.473. The molecule has 158 valence electrons. The van der Waals surface area contributed by atoms with Crippen molar-refractivity contribution in [2.45, 2.75) is 44.9 Å². The fourth-order valence-corrected chi connectivity index (χ4v) is 3.96. The Labute approximate surface area is 172 Å². The Hall–Kier alpha value is -1.79. The van der Waals surface area contributed by atoms with Gasteiger partial charge in [-0.2, -0.15) is 0 Å². The Bertz CT molecular complexity index is 718. The topological polar surface area (TPSA) is 36.9 Å². The van der Waals surface area contributed by atoms with Crippen molar-refractivity contribution in [3.63, 3.8) is 0 Å². The molecular weight excluding hydrogens is 371 g/mol. The van der Waals surface area contributed by atoms with Gasteiger partial charge in [0.25, 0.3) is 0 Å². The molecule has 2 atom stereocenters. The molecule has 0 heterocycles. The summed E-state index contributed by atoms with van der Waals surface area (Å²) >= 11 is 0. The van der Waals surface area contributed by atoms with Gasteiger partial charge >= 0.3 is 0 Å². The van der Waals surface area contributed by atoms with E-state index in [4.69, 9.17) is 18.9 Å². The van der Waals surface area contributed by atoms with Crippen molar-refractivity contribution in [2.75, 3.05) is 26.4 Å². The molecule has 0 radical (unpaired) electrons. The third-order valence-corrected chi connectivity index (χ3v) is 5.32. The van der Waals surface area contributed by atoms with Crippen molar-refractivity contribution in [3.05, 3.63) is 71.8 Å². The van der Waals surface area contributed by atoms with Gasteiger partial charge in [0.15, 0.2) is 5.79 Å². The maximum atomic E-state index is 15.8. The van der Waals surface area contributed by atoms with E-state index in [0.717, 1.165) is 11.1 Å². The molecule has 0 bridgehead atoms. The van der Waals surface area contributed by atoms with Crippen molar-refractivity contribution >= 4 is 0 Å². The highest BCUT2D eigenvalue weighted by Gasteiger charge is 2.66. The maximum absolute atomic E-state index is 15.8. The van der Waals surface area contributed by atoms with Crippen molar-refractivity contribution in [2.24, 2.45) is 5.92 Å². The molecule has 0 saturated heterocycles. The predicted octanol–water partition coefficient (Wildman–Crippen LogP) is 4.92. The Balaban J connectivity index is 1.62. The number of hydrogen-bond donors (Lipinski definition) is 0. The predicted molar refractivity (Wildman–Crippen MR) is 110 cm³/mol. The molecule has 0 spiro atoms. The van der Waals surface area contributed by atoms with Crippen LogP contribution in [0.5, 0.6) is 0 Å². The normalized spacial score (nSPS) is 22.9. The molecule has 1 aliphatic carbocycles. The summed E-state index contributed by atoms with van der Waals surface area (Å²) in [6.45, 7) is 5.70. The summed E-state index contributed by atoms with van der Waals surface area (Å²) < 4.78 is 39.1. The highest BCUT2D eigenvalue weighted by atomic mass is 19.1. The highest BCUT2D eigenvalue weighted by molar-refractivity contribution is 5.15. The van der Waals surface area contributed by atoms with Crippen LogP contribution in [-0.4, -0.2) is 37.9 Å². The fraction of sp³-hybridized carbons (Fsp3) is 0.500. The van der Waals surface area contributed by atoms with Gasteiger partial charge in [-0.25, -0.2) is 4.39 Å². The second kappa shape index (κ2) is 10.3. The number of rotatable bonds is 12. The molecule has 0 amide bonds. The summed E-state index contributed by atoms with van der Waals surface area (Å²) in [5.41, 5.74) is 0.527. The Morgan fingerprint density at radius 2 is 1.34 bits per heavy atom. The lowest BCUT2D eigenvalue weighted by Crippen LogP contribution is -2.69. The number of ether oxygens (including phenoxy) is 4. The third-order valence-electron chi connectivity index (χ3n) is 5.32. The summed E-state index contributed by atoms with van der Waals surface area (Å²) in [7, 11) is 0. The lowest BCUT2D eigenvalue weighted by molar-refractivity contribution is -0.369. The molecule has 1 fully saturated rings. The second-order valence-corrected chi connectivity index (χ2v) is 7.42. The van der Waals surface area contributed by atoms with E-state index in [0.29, 0.717) is 26.4 Å². The van der Waals surface area contributed by atoms with Crippen LogP contribution in [0, 0.1) is 5.92 Å². The first-order chi connectivity index (χ1) is 14.1. The highest BCUT2D eigenvalue weighted by Crippen LogP contribution is 2.53. The minimum atomic E-state index is -1.55. The first-order valence-corrected chi connectivity index (χ1v) is 10.3. The van der Waals surface area contributed by atoms with Crippen molar-refractivity contribution < 1.29 is 23.3 Å². The van der Waals surface area contributed by atoms with Gasteiger partial charge in [0, 0.05) is 19.6 Å². The largest absolute Gasteiger partial charge is 0.376 e. The van der Waals surface area contributed by atoms with Crippen LogP contribution in [0.15, 0.2) is 60.7 Å².